The van der Waals surface area contributed by atoms with E-state index in [4.69, 9.17) is 24.9 Å². The Bertz CT molecular complexity index is 10000. The van der Waals surface area contributed by atoms with Crippen LogP contribution in [0.2, 0.25) is 0 Å². The smallest absolute Gasteiger partial charge is 0.0971 e. The molecule has 0 unspecified atom stereocenters. The fraction of sp³-hybridized carbons (Fsp3) is 0.0455. The number of nitrogens with zero attached hydrogens (tertiary/aromatic N) is 9. The van der Waals surface area contributed by atoms with Crippen LogP contribution in [0.1, 0.15) is 43.0 Å². The molecular weight excluding hydrogens is 1710 g/mol. The quantitative estimate of drug-likeness (QED) is 0.148. The SMILES string of the molecule is CC(C)(C)n1c2ccccc2c2cc(-c3ccccc3-c3ccc4c(c3)c3ccccc3c3nccnc43)ccc21.Cn1c2ccccc2c2cc(-c3ccccc3-c3ccc4c(c3)c3ccccc3c3nccnc43)ccc21.c1ccc2c(c1)-c1ccccc1C21c2ccccc2-c2ccc(-n3c4ccccc4c4cc(-c5ccc(-c6ccc7c(c6)c6ccccc6c6nccnc76)cc5)ccc43)cc21. The molecule has 0 radical (unpaired) electrons. The topological polar surface area (TPSA) is 92.1 Å². The monoisotopic (exact) mass is 1800 g/mol. The van der Waals surface area contributed by atoms with Gasteiger partial charge in [0.25, 0.3) is 0 Å². The van der Waals surface area contributed by atoms with Crippen LogP contribution in [0, 0.1) is 0 Å². The molecule has 0 fully saturated rings. The van der Waals surface area contributed by atoms with E-state index in [1.165, 1.54) is 215 Å². The van der Waals surface area contributed by atoms with Gasteiger partial charge in [-0.2, -0.15) is 0 Å². The first-order valence-electron chi connectivity index (χ1n) is 48.5. The van der Waals surface area contributed by atoms with E-state index in [1.807, 2.05) is 0 Å². The number of aromatic nitrogens is 9. The van der Waals surface area contributed by atoms with Crippen LogP contribution < -0.4 is 0 Å². The van der Waals surface area contributed by atoms with Gasteiger partial charge < -0.3 is 13.7 Å². The first-order valence-corrected chi connectivity index (χ1v) is 48.5. The Balaban J connectivity index is 0.000000108. The lowest BCUT2D eigenvalue weighted by molar-refractivity contribution is 0.423. The Hall–Kier alpha value is -18.2. The highest BCUT2D eigenvalue weighted by Gasteiger charge is 2.52. The van der Waals surface area contributed by atoms with Crippen molar-refractivity contribution in [3.63, 3.8) is 0 Å². The van der Waals surface area contributed by atoms with E-state index in [-0.39, 0.29) is 5.54 Å². The number of para-hydroxylation sites is 3. The Morgan fingerprint density at radius 2 is 0.440 bits per heavy atom. The van der Waals surface area contributed by atoms with Crippen LogP contribution >= 0.6 is 0 Å². The van der Waals surface area contributed by atoms with Crippen molar-refractivity contribution in [1.29, 1.82) is 0 Å². The maximum absolute atomic E-state index is 4.75. The van der Waals surface area contributed by atoms with Gasteiger partial charge in [0, 0.05) is 142 Å². The van der Waals surface area contributed by atoms with Crippen molar-refractivity contribution in [1.82, 2.24) is 43.6 Å². The molecule has 660 valence electrons. The summed E-state index contributed by atoms with van der Waals surface area (Å²) in [6, 6.07) is 154. The summed E-state index contributed by atoms with van der Waals surface area (Å²) in [6.45, 7) is 6.83. The van der Waals surface area contributed by atoms with Crippen LogP contribution in [0.25, 0.3) is 258 Å². The van der Waals surface area contributed by atoms with Crippen LogP contribution in [-0.2, 0) is 18.0 Å². The second kappa shape index (κ2) is 31.7. The van der Waals surface area contributed by atoms with Crippen LogP contribution in [0.3, 0.4) is 0 Å². The maximum atomic E-state index is 4.75. The molecule has 0 bridgehead atoms. The average Bonchev–Trinajstić information content (AvgIpc) is 1.50. The van der Waals surface area contributed by atoms with E-state index < -0.39 is 5.41 Å². The Morgan fingerprint density at radius 1 is 0.184 bits per heavy atom. The van der Waals surface area contributed by atoms with Crippen LogP contribution in [0.4, 0.5) is 0 Å². The zero-order valence-electron chi connectivity index (χ0n) is 77.8. The number of rotatable bonds is 7. The van der Waals surface area contributed by atoms with Gasteiger partial charge in [0.15, 0.2) is 0 Å². The fourth-order valence-corrected chi connectivity index (χ4v) is 24.1. The standard InChI is InChI=1S/C59H35N3.C38H29N3.C35H23N3/c1-2-16-47-41(11-1)49-33-38(25-28-48(49)58-57(47)60-31-32-61-58)36-21-23-37(24-22-36)39-26-30-56-50(34-39)46-15-6-10-20-55(46)62(56)40-27-29-45-44-14-5-9-19-53(44)59(54(45)35-40)51-17-7-3-12-42(51)43-13-4-8-18-52(43)59;1-38(2,3)41-34-15-9-8-13-29(34)33-23-25(17-19-35(33)41)27-11-5-4-10-26(27)24-16-18-31-32(22-24)28-12-6-7-14-30(28)36-37(31)40-21-20-39-36;1-38-32-13-7-6-11-27(32)31-21-23(15-17-33(31)38)25-9-3-2-8-24(25)22-14-16-29-30(20-22)26-10-4-5-12-28(26)34-35(29)37-19-18-36-34/h1-35H;4-23H,1-3H3;2-21H,1H3. The molecule has 0 atom stereocenters. The van der Waals surface area contributed by atoms with E-state index in [1.54, 1.807) is 37.2 Å². The summed E-state index contributed by atoms with van der Waals surface area (Å²) in [5.41, 5.74) is 39.1. The van der Waals surface area contributed by atoms with Crippen molar-refractivity contribution in [3.05, 3.63) is 478 Å². The highest BCUT2D eigenvalue weighted by atomic mass is 15.0. The van der Waals surface area contributed by atoms with Gasteiger partial charge in [-0.15, -0.1) is 0 Å². The molecule has 9 nitrogen and oxygen atoms in total. The maximum Gasteiger partial charge on any atom is 0.0971 e. The van der Waals surface area contributed by atoms with Crippen molar-refractivity contribution in [2.45, 2.75) is 31.7 Å². The van der Waals surface area contributed by atoms with Crippen molar-refractivity contribution in [2.24, 2.45) is 7.05 Å². The zero-order valence-corrected chi connectivity index (χ0v) is 77.8. The average molecular weight is 1800 g/mol. The molecule has 6 aromatic heterocycles. The summed E-state index contributed by atoms with van der Waals surface area (Å²) >= 11 is 0. The number of hydrogen-bond donors (Lipinski definition) is 0. The number of benzene rings is 22. The van der Waals surface area contributed by atoms with Gasteiger partial charge in [0.1, 0.15) is 0 Å². The molecule has 0 N–H and O–H groups in total. The minimum Gasteiger partial charge on any atom is -0.344 e. The highest BCUT2D eigenvalue weighted by Crippen LogP contribution is 2.63. The van der Waals surface area contributed by atoms with Gasteiger partial charge in [0.05, 0.1) is 49.5 Å². The Morgan fingerprint density at radius 3 is 0.872 bits per heavy atom. The predicted octanol–water partition coefficient (Wildman–Crippen LogP) is 33.8. The fourth-order valence-electron chi connectivity index (χ4n) is 24.1. The van der Waals surface area contributed by atoms with E-state index in [2.05, 4.69) is 465 Å². The third kappa shape index (κ3) is 12.4. The van der Waals surface area contributed by atoms with Crippen molar-refractivity contribution in [3.8, 4) is 94.7 Å². The van der Waals surface area contributed by atoms with Crippen LogP contribution in [0.15, 0.2) is 456 Å². The molecule has 141 heavy (non-hydrogen) atoms. The zero-order chi connectivity index (χ0) is 93.5. The van der Waals surface area contributed by atoms with E-state index in [0.717, 1.165) is 65.4 Å². The van der Waals surface area contributed by atoms with Gasteiger partial charge in [-0.3, -0.25) is 29.9 Å². The number of hydrogen-bond acceptors (Lipinski definition) is 6. The molecule has 0 saturated carbocycles. The van der Waals surface area contributed by atoms with Gasteiger partial charge in [-0.1, -0.05) is 334 Å². The summed E-state index contributed by atoms with van der Waals surface area (Å²) in [5.74, 6) is 0. The van der Waals surface area contributed by atoms with E-state index >= 15 is 0 Å². The second-order valence-electron chi connectivity index (χ2n) is 38.6. The minimum absolute atomic E-state index is 0.0246. The van der Waals surface area contributed by atoms with Crippen LogP contribution in [-0.4, -0.2) is 43.6 Å². The van der Waals surface area contributed by atoms with Gasteiger partial charge >= 0.3 is 0 Å². The predicted molar refractivity (Wildman–Crippen MR) is 589 cm³/mol. The Labute approximate surface area is 812 Å². The van der Waals surface area contributed by atoms with Gasteiger partial charge in [0.2, 0.25) is 0 Å². The largest absolute Gasteiger partial charge is 0.344 e. The number of aryl methyl sites for hydroxylation is 1. The molecule has 1 spiro atoms. The van der Waals surface area contributed by atoms with Crippen molar-refractivity contribution >= 4 is 163 Å². The molecule has 28 aromatic rings. The summed E-state index contributed by atoms with van der Waals surface area (Å²) in [7, 11) is 2.14. The molecule has 0 saturated heterocycles. The van der Waals surface area contributed by atoms with Crippen molar-refractivity contribution in [2.75, 3.05) is 0 Å². The van der Waals surface area contributed by atoms with Gasteiger partial charge in [-0.25, -0.2) is 0 Å². The molecule has 2 aliphatic carbocycles. The van der Waals surface area contributed by atoms with Crippen molar-refractivity contribution < 1.29 is 0 Å². The normalized spacial score (nSPS) is 12.6. The third-order valence-electron chi connectivity index (χ3n) is 30.2. The molecule has 30 rings (SSSR count). The summed E-state index contributed by atoms with van der Waals surface area (Å²) in [4.78, 5) is 28.3. The first kappa shape index (κ1) is 81.2. The summed E-state index contributed by atoms with van der Waals surface area (Å²) in [6.07, 6.45) is 10.7. The molecule has 22 aromatic carbocycles. The summed E-state index contributed by atoms with van der Waals surface area (Å²) < 4.78 is 7.22. The third-order valence-corrected chi connectivity index (χ3v) is 30.2. The number of fused-ring (bicyclic) bond motifs is 37. The Kier molecular flexibility index (Phi) is 18.3. The molecular formula is C132H87N9. The highest BCUT2D eigenvalue weighted by molar-refractivity contribution is 6.27. The lowest BCUT2D eigenvalue weighted by atomic mass is 9.70. The lowest BCUT2D eigenvalue weighted by Gasteiger charge is -2.30. The minimum atomic E-state index is -0.392. The molecule has 0 amide bonds. The van der Waals surface area contributed by atoms with Gasteiger partial charge in [-0.05, 0) is 249 Å². The van der Waals surface area contributed by atoms with E-state index in [0.29, 0.717) is 0 Å². The van der Waals surface area contributed by atoms with Crippen LogP contribution in [0.5, 0.6) is 0 Å². The molecule has 2 aliphatic rings. The first-order chi connectivity index (χ1) is 69.5. The second-order valence-corrected chi connectivity index (χ2v) is 38.6. The lowest BCUT2D eigenvalue weighted by Crippen LogP contribution is -2.26. The van der Waals surface area contributed by atoms with E-state index in [9.17, 15) is 0 Å². The molecule has 0 aliphatic heterocycles. The molecule has 9 heteroatoms. The molecule has 6 heterocycles. The summed E-state index contributed by atoms with van der Waals surface area (Å²) in [5, 5.41) is 21.6.